The minimum atomic E-state index is -2.58. The molecule has 3 rings (SSSR count). The first-order chi connectivity index (χ1) is 25.8. The lowest BCUT2D eigenvalue weighted by molar-refractivity contribution is -0.150. The lowest BCUT2D eigenvalue weighted by Gasteiger charge is -2.32. The van der Waals surface area contributed by atoms with Gasteiger partial charge >= 0.3 is 11.9 Å². The van der Waals surface area contributed by atoms with E-state index < -0.39 is 32.3 Å². The smallest absolute Gasteiger partial charge is 0.326 e. The van der Waals surface area contributed by atoms with Crippen LogP contribution in [0.4, 0.5) is 0 Å². The summed E-state index contributed by atoms with van der Waals surface area (Å²) in [6, 6.07) is 19.3. The van der Waals surface area contributed by atoms with E-state index in [0.29, 0.717) is 61.2 Å². The van der Waals surface area contributed by atoms with Crippen LogP contribution >= 0.6 is 14.3 Å². The number of unbranched alkanes of at least 4 members (excludes halogenated alkanes) is 1. The van der Waals surface area contributed by atoms with E-state index in [1.807, 2.05) is 102 Å². The van der Waals surface area contributed by atoms with Crippen molar-refractivity contribution in [2.75, 3.05) is 31.3 Å². The van der Waals surface area contributed by atoms with Crippen molar-refractivity contribution in [3.8, 4) is 11.5 Å². The van der Waals surface area contributed by atoms with E-state index in [4.69, 9.17) is 9.47 Å². The minimum Gasteiger partial charge on any atom is -0.493 e. The van der Waals surface area contributed by atoms with Gasteiger partial charge in [0.1, 0.15) is 17.5 Å². The second-order valence-corrected chi connectivity index (χ2v) is 22.0. The first-order valence-corrected chi connectivity index (χ1v) is 23.8. The molecule has 1 N–H and O–H groups in total. The van der Waals surface area contributed by atoms with Crippen LogP contribution in [-0.2, 0) is 42.9 Å². The van der Waals surface area contributed by atoms with Gasteiger partial charge in [0.05, 0.1) is 26.3 Å². The number of carbonyl (C=O) groups excluding carboxylic acids is 2. The molecule has 0 saturated heterocycles. The summed E-state index contributed by atoms with van der Waals surface area (Å²) in [5.41, 5.74) is 3.80. The highest BCUT2D eigenvalue weighted by Crippen LogP contribution is 2.69. The summed E-state index contributed by atoms with van der Waals surface area (Å²) < 4.78 is 39.9. The van der Waals surface area contributed by atoms with Crippen molar-refractivity contribution in [3.05, 3.63) is 94.5 Å². The Balaban J connectivity index is 1.86. The summed E-state index contributed by atoms with van der Waals surface area (Å²) in [4.78, 5) is 40.8. The lowest BCUT2D eigenvalue weighted by Crippen LogP contribution is -2.46. The number of carboxylic acid groups (broad SMARTS) is 1. The van der Waals surface area contributed by atoms with Crippen molar-refractivity contribution in [3.63, 3.8) is 0 Å². The van der Waals surface area contributed by atoms with E-state index in [-0.39, 0.29) is 43.5 Å². The molecule has 1 amide bonds. The van der Waals surface area contributed by atoms with Gasteiger partial charge in [0.25, 0.3) is 0 Å². The number of hydrogen-bond acceptors (Lipinski definition) is 7. The predicted octanol–water partition coefficient (Wildman–Crippen LogP) is 9.96. The molecule has 3 aromatic rings. The highest BCUT2D eigenvalue weighted by Gasteiger charge is 2.41. The number of ether oxygens (including phenoxy) is 2. The average molecular weight is 782 g/mol. The molecule has 0 saturated carbocycles. The van der Waals surface area contributed by atoms with Gasteiger partial charge in [-0.3, -0.25) is 9.59 Å². The highest BCUT2D eigenvalue weighted by atomic mass is 31.2. The van der Waals surface area contributed by atoms with E-state index in [2.05, 4.69) is 0 Å². The van der Waals surface area contributed by atoms with Crippen molar-refractivity contribution < 1.29 is 38.1 Å². The van der Waals surface area contributed by atoms with Gasteiger partial charge in [-0.2, -0.15) is 0 Å². The molecule has 3 aromatic carbocycles. The van der Waals surface area contributed by atoms with Crippen LogP contribution in [-0.4, -0.2) is 70.5 Å². The molecule has 0 bridgehead atoms. The number of esters is 1. The van der Waals surface area contributed by atoms with Gasteiger partial charge in [-0.1, -0.05) is 95.3 Å². The number of aliphatic carboxylic acids is 1. The molecule has 9 nitrogen and oxygen atoms in total. The summed E-state index contributed by atoms with van der Waals surface area (Å²) in [5, 5.41) is 10.1. The predicted molar refractivity (Wildman–Crippen MR) is 219 cm³/mol. The largest absolute Gasteiger partial charge is 0.493 e. The van der Waals surface area contributed by atoms with E-state index in [1.165, 1.54) is 4.90 Å². The van der Waals surface area contributed by atoms with E-state index in [1.54, 1.807) is 13.0 Å². The molecule has 0 aromatic heterocycles. The standard InChI is InChI=1S/C43H61NO8P2/c1-8-40(46)52-38-29-32(6)42(51-28-20-19-25-41(53(49,9-2)10-3)54(50,11-4)12-5)33(7)36(38)26-27-39(45)44(31-35-23-17-14-18-24-35)37(43(47)48)30-34-21-15-13-16-22-34/h13-18,21-24,29,37,41H,8-12,19-20,25-28,30-31H2,1-7H3,(H,47,48)/t37-/m0/s1. The van der Waals surface area contributed by atoms with Gasteiger partial charge in [0.2, 0.25) is 5.91 Å². The summed E-state index contributed by atoms with van der Waals surface area (Å²) in [7, 11) is -5.15. The third kappa shape index (κ3) is 11.9. The Morgan fingerprint density at radius 2 is 1.35 bits per heavy atom. The molecular weight excluding hydrogens is 720 g/mol. The van der Waals surface area contributed by atoms with Crippen LogP contribution in [0.25, 0.3) is 0 Å². The first-order valence-electron chi connectivity index (χ1n) is 19.5. The normalized spacial score (nSPS) is 12.4. The molecule has 296 valence electrons. The summed E-state index contributed by atoms with van der Waals surface area (Å²) >= 11 is 0. The van der Waals surface area contributed by atoms with Crippen molar-refractivity contribution in [1.29, 1.82) is 0 Å². The number of hydrogen-bond donors (Lipinski definition) is 1. The Hall–Kier alpha value is -3.67. The van der Waals surface area contributed by atoms with E-state index >= 15 is 0 Å². The Morgan fingerprint density at radius 3 is 1.87 bits per heavy atom. The SMILES string of the molecule is CCC(=O)Oc1cc(C)c(OCCCCC(P(=O)(CC)CC)P(=O)(CC)CC)c(C)c1CCC(=O)N(Cc1ccccc1)[C@@H](Cc1ccccc1)C(=O)O. The van der Waals surface area contributed by atoms with Crippen LogP contribution in [0.1, 0.15) is 94.5 Å². The number of aryl methyl sites for hydroxylation is 1. The minimum absolute atomic E-state index is 0.0172. The average Bonchev–Trinajstić information content (AvgIpc) is 3.18. The van der Waals surface area contributed by atoms with Crippen LogP contribution < -0.4 is 9.47 Å². The summed E-state index contributed by atoms with van der Waals surface area (Å²) in [5.74, 6) is -0.830. The second kappa shape index (κ2) is 21.4. The molecule has 0 aliphatic heterocycles. The fourth-order valence-corrected chi connectivity index (χ4v) is 16.1. The molecule has 0 spiro atoms. The van der Waals surface area contributed by atoms with Crippen LogP contribution in [0.5, 0.6) is 11.5 Å². The monoisotopic (exact) mass is 781 g/mol. The van der Waals surface area contributed by atoms with Gasteiger partial charge in [0.15, 0.2) is 0 Å². The molecule has 0 fully saturated rings. The summed E-state index contributed by atoms with van der Waals surface area (Å²) in [6.07, 6.45) is 4.79. The topological polar surface area (TPSA) is 127 Å². The molecule has 0 aliphatic carbocycles. The van der Waals surface area contributed by atoms with Gasteiger partial charge in [0, 0.05) is 31.4 Å². The van der Waals surface area contributed by atoms with Crippen LogP contribution in [0.3, 0.4) is 0 Å². The van der Waals surface area contributed by atoms with Gasteiger partial charge < -0.3 is 28.6 Å². The number of carbonyl (C=O) groups is 3. The maximum atomic E-state index is 14.1. The van der Waals surface area contributed by atoms with Crippen LogP contribution in [0.2, 0.25) is 0 Å². The zero-order valence-electron chi connectivity index (χ0n) is 33.3. The molecule has 0 heterocycles. The van der Waals surface area contributed by atoms with Gasteiger partial charge in [-0.05, 0) is 92.5 Å². The lowest BCUT2D eigenvalue weighted by atomic mass is 9.97. The zero-order valence-corrected chi connectivity index (χ0v) is 35.1. The van der Waals surface area contributed by atoms with Gasteiger partial charge in [-0.25, -0.2) is 4.79 Å². The number of benzene rings is 3. The Kier molecular flexibility index (Phi) is 17.7. The second-order valence-electron chi connectivity index (χ2n) is 14.0. The van der Waals surface area contributed by atoms with Crippen molar-refractivity contribution in [2.45, 2.75) is 111 Å². The van der Waals surface area contributed by atoms with Gasteiger partial charge in [-0.15, -0.1) is 0 Å². The van der Waals surface area contributed by atoms with Crippen molar-refractivity contribution in [2.24, 2.45) is 0 Å². The fraction of sp³-hybridized carbons (Fsp3) is 0.512. The number of nitrogens with zero attached hydrogens (tertiary/aromatic N) is 1. The highest BCUT2D eigenvalue weighted by molar-refractivity contribution is 7.81. The molecule has 0 aliphatic rings. The Bertz CT molecular complexity index is 1740. The maximum Gasteiger partial charge on any atom is 0.326 e. The van der Waals surface area contributed by atoms with Crippen LogP contribution in [0, 0.1) is 13.8 Å². The first kappa shape index (κ1) is 44.7. The number of amides is 1. The molecule has 11 heteroatoms. The Morgan fingerprint density at radius 1 is 0.796 bits per heavy atom. The Labute approximate surface area is 323 Å². The molecular formula is C43H61NO8P2. The maximum absolute atomic E-state index is 14.1. The van der Waals surface area contributed by atoms with Crippen LogP contribution in [0.15, 0.2) is 66.7 Å². The molecule has 0 unspecified atom stereocenters. The molecule has 1 atom stereocenters. The van der Waals surface area contributed by atoms with E-state index in [9.17, 15) is 28.6 Å². The van der Waals surface area contributed by atoms with Crippen molar-refractivity contribution in [1.82, 2.24) is 4.90 Å². The molecule has 54 heavy (non-hydrogen) atoms. The zero-order chi connectivity index (χ0) is 39.9. The third-order valence-corrected chi connectivity index (χ3v) is 20.2. The number of carboxylic acids is 1. The summed E-state index contributed by atoms with van der Waals surface area (Å²) in [6.45, 7) is 13.8. The van der Waals surface area contributed by atoms with E-state index in [0.717, 1.165) is 28.7 Å². The third-order valence-electron chi connectivity index (χ3n) is 10.7. The fourth-order valence-electron chi connectivity index (χ4n) is 7.23. The molecule has 0 radical (unpaired) electrons. The quantitative estimate of drug-likeness (QED) is 0.0436. The van der Waals surface area contributed by atoms with Crippen molar-refractivity contribution >= 4 is 32.1 Å². The number of rotatable bonds is 23.